The summed E-state index contributed by atoms with van der Waals surface area (Å²) in [7, 11) is 1.62. The Hall–Kier alpha value is -2.58. The molecule has 0 bridgehead atoms. The van der Waals surface area contributed by atoms with Crippen molar-refractivity contribution in [2.75, 3.05) is 20.2 Å². The lowest BCUT2D eigenvalue weighted by Crippen LogP contribution is -2.65. The van der Waals surface area contributed by atoms with Gasteiger partial charge in [-0.05, 0) is 38.0 Å². The number of hydrogen-bond acceptors (Lipinski definition) is 5. The van der Waals surface area contributed by atoms with Gasteiger partial charge in [-0.25, -0.2) is 0 Å². The third kappa shape index (κ3) is 3.98. The summed E-state index contributed by atoms with van der Waals surface area (Å²) in [5.74, 6) is 0.750. The Kier molecular flexibility index (Phi) is 5.23. The Morgan fingerprint density at radius 3 is 2.75 bits per heavy atom. The molecule has 1 aromatic carbocycles. The van der Waals surface area contributed by atoms with Crippen molar-refractivity contribution in [3.05, 3.63) is 30.0 Å². The van der Waals surface area contributed by atoms with Crippen molar-refractivity contribution in [3.63, 3.8) is 0 Å². The van der Waals surface area contributed by atoms with Gasteiger partial charge in [0.1, 0.15) is 17.7 Å². The molecule has 2 atom stereocenters. The minimum absolute atomic E-state index is 0.0853. The number of amides is 2. The van der Waals surface area contributed by atoms with Crippen LogP contribution in [0, 0.1) is 0 Å². The number of aromatic nitrogens is 1. The van der Waals surface area contributed by atoms with Gasteiger partial charge >= 0.3 is 0 Å². The molecule has 2 aliphatic heterocycles. The molecule has 3 heterocycles. The van der Waals surface area contributed by atoms with Crippen LogP contribution in [0.15, 0.2) is 24.3 Å². The second kappa shape index (κ2) is 7.81. The average molecular weight is 385 g/mol. The van der Waals surface area contributed by atoms with Crippen LogP contribution in [0.25, 0.3) is 10.9 Å². The second-order valence-electron chi connectivity index (χ2n) is 7.66. The maximum Gasteiger partial charge on any atom is 0.267 e. The Balaban J connectivity index is 1.33. The number of aromatic amines is 1. The second-order valence-corrected chi connectivity index (χ2v) is 7.66. The molecule has 8 nitrogen and oxygen atoms in total. The number of rotatable bonds is 4. The number of carbonyl (C=O) groups is 2. The summed E-state index contributed by atoms with van der Waals surface area (Å²) >= 11 is 0. The fourth-order valence-corrected chi connectivity index (χ4v) is 3.98. The van der Waals surface area contributed by atoms with Crippen LogP contribution >= 0.6 is 0 Å². The van der Waals surface area contributed by atoms with Crippen molar-refractivity contribution in [2.24, 2.45) is 0 Å². The zero-order valence-electron chi connectivity index (χ0n) is 16.2. The third-order valence-electron chi connectivity index (χ3n) is 5.54. The number of hydrogen-bond donors (Lipinski definition) is 4. The first-order valence-corrected chi connectivity index (χ1v) is 9.79. The summed E-state index contributed by atoms with van der Waals surface area (Å²) in [6.07, 6.45) is 2.10. The van der Waals surface area contributed by atoms with Gasteiger partial charge in [-0.2, -0.15) is 0 Å². The smallest absolute Gasteiger partial charge is 0.267 e. The van der Waals surface area contributed by atoms with E-state index in [1.165, 1.54) is 0 Å². The summed E-state index contributed by atoms with van der Waals surface area (Å²) in [4.78, 5) is 29.8. The number of benzene rings is 1. The van der Waals surface area contributed by atoms with Crippen molar-refractivity contribution in [3.8, 4) is 5.75 Å². The Morgan fingerprint density at radius 2 is 2.04 bits per heavy atom. The van der Waals surface area contributed by atoms with E-state index in [4.69, 9.17) is 4.74 Å². The molecule has 2 unspecified atom stereocenters. The predicted octanol–water partition coefficient (Wildman–Crippen LogP) is 1.15. The van der Waals surface area contributed by atoms with Crippen LogP contribution in [0.1, 0.15) is 36.7 Å². The van der Waals surface area contributed by atoms with Crippen LogP contribution < -0.4 is 20.7 Å². The molecule has 2 aliphatic rings. The van der Waals surface area contributed by atoms with Crippen molar-refractivity contribution in [2.45, 2.75) is 44.6 Å². The van der Waals surface area contributed by atoms with Gasteiger partial charge in [0.25, 0.3) is 5.91 Å². The molecular weight excluding hydrogens is 358 g/mol. The number of carbonyl (C=O) groups excluding carboxylic acids is 2. The Bertz CT molecular complexity index is 872. The number of fused-ring (bicyclic) bond motifs is 1. The van der Waals surface area contributed by atoms with Gasteiger partial charge in [0.15, 0.2) is 0 Å². The lowest BCUT2D eigenvalue weighted by Gasteiger charge is -2.41. The van der Waals surface area contributed by atoms with E-state index in [2.05, 4.69) is 25.8 Å². The van der Waals surface area contributed by atoms with Crippen molar-refractivity contribution in [1.82, 2.24) is 25.8 Å². The molecule has 2 fully saturated rings. The molecule has 8 heteroatoms. The fraction of sp³-hybridized carbons (Fsp3) is 0.500. The molecule has 1 aromatic heterocycles. The summed E-state index contributed by atoms with van der Waals surface area (Å²) in [6.45, 7) is 3.66. The van der Waals surface area contributed by atoms with Crippen LogP contribution in [0.5, 0.6) is 5.75 Å². The zero-order chi connectivity index (χ0) is 19.7. The third-order valence-corrected chi connectivity index (χ3v) is 5.54. The van der Waals surface area contributed by atoms with Crippen LogP contribution in [0.2, 0.25) is 0 Å². The number of H-pyrrole nitrogens is 1. The number of piperidine rings is 1. The normalized spacial score (nSPS) is 24.1. The highest BCUT2D eigenvalue weighted by molar-refractivity contribution is 5.98. The molecule has 0 spiro atoms. The first-order chi connectivity index (χ1) is 13.5. The van der Waals surface area contributed by atoms with Gasteiger partial charge in [-0.3, -0.25) is 19.8 Å². The molecule has 2 aromatic rings. The molecule has 0 saturated carbocycles. The first kappa shape index (κ1) is 18.8. The molecule has 150 valence electrons. The van der Waals surface area contributed by atoms with Crippen LogP contribution in [0.4, 0.5) is 0 Å². The van der Waals surface area contributed by atoms with Crippen LogP contribution in [0.3, 0.4) is 0 Å². The molecule has 28 heavy (non-hydrogen) atoms. The van der Waals surface area contributed by atoms with Crippen molar-refractivity contribution >= 4 is 22.7 Å². The minimum Gasteiger partial charge on any atom is -0.497 e. The van der Waals surface area contributed by atoms with E-state index in [9.17, 15) is 9.59 Å². The zero-order valence-corrected chi connectivity index (χ0v) is 16.2. The molecule has 4 rings (SSSR count). The largest absolute Gasteiger partial charge is 0.497 e. The maximum absolute atomic E-state index is 12.6. The number of methoxy groups -OCH3 is 1. The predicted molar refractivity (Wildman–Crippen MR) is 106 cm³/mol. The summed E-state index contributed by atoms with van der Waals surface area (Å²) in [6, 6.07) is 7.87. The van der Waals surface area contributed by atoms with Gasteiger partial charge in [0.2, 0.25) is 5.91 Å². The number of nitrogens with zero attached hydrogens (tertiary/aromatic N) is 1. The molecule has 0 aliphatic carbocycles. The van der Waals surface area contributed by atoms with E-state index in [1.807, 2.05) is 31.2 Å². The van der Waals surface area contributed by atoms with E-state index in [0.29, 0.717) is 12.1 Å². The van der Waals surface area contributed by atoms with Gasteiger partial charge in [-0.1, -0.05) is 0 Å². The van der Waals surface area contributed by atoms with Crippen molar-refractivity contribution in [1.29, 1.82) is 0 Å². The van der Waals surface area contributed by atoms with E-state index in [0.717, 1.165) is 42.6 Å². The minimum atomic E-state index is -0.114. The SMILES string of the molecule is COc1ccc2cc(C(=O)NC3CCN(C4NC(=O)CC(C)N4)CC3)[nH]c2c1. The Labute approximate surface area is 164 Å². The topological polar surface area (TPSA) is 98.5 Å². The highest BCUT2D eigenvalue weighted by Gasteiger charge is 2.31. The van der Waals surface area contributed by atoms with E-state index >= 15 is 0 Å². The van der Waals surface area contributed by atoms with Crippen LogP contribution in [-0.4, -0.2) is 60.3 Å². The van der Waals surface area contributed by atoms with Gasteiger partial charge in [0, 0.05) is 48.6 Å². The highest BCUT2D eigenvalue weighted by atomic mass is 16.5. The summed E-state index contributed by atoms with van der Waals surface area (Å²) < 4.78 is 5.23. The standard InChI is InChI=1S/C20H27N5O3/c1-12-9-18(26)24-20(21-12)25-7-5-14(6-8-25)22-19(27)17-10-13-3-4-15(28-2)11-16(13)23-17/h3-4,10-12,14,20-21,23H,5-9H2,1-2H3,(H,22,27)(H,24,26). The van der Waals surface area contributed by atoms with Crippen molar-refractivity contribution < 1.29 is 14.3 Å². The molecule has 2 amide bonds. The molecule has 0 radical (unpaired) electrons. The van der Waals surface area contributed by atoms with E-state index < -0.39 is 0 Å². The lowest BCUT2D eigenvalue weighted by molar-refractivity contribution is -0.127. The summed E-state index contributed by atoms with van der Waals surface area (Å²) in [5.41, 5.74) is 1.44. The summed E-state index contributed by atoms with van der Waals surface area (Å²) in [5, 5.41) is 10.5. The van der Waals surface area contributed by atoms with E-state index in [-0.39, 0.29) is 30.2 Å². The Morgan fingerprint density at radius 1 is 1.25 bits per heavy atom. The quantitative estimate of drug-likeness (QED) is 0.633. The fourth-order valence-electron chi connectivity index (χ4n) is 3.98. The monoisotopic (exact) mass is 385 g/mol. The van der Waals surface area contributed by atoms with Crippen LogP contribution in [-0.2, 0) is 4.79 Å². The van der Waals surface area contributed by atoms with Gasteiger partial charge in [0.05, 0.1) is 7.11 Å². The molecular formula is C20H27N5O3. The number of ether oxygens (including phenoxy) is 1. The van der Waals surface area contributed by atoms with Gasteiger partial charge < -0.3 is 20.4 Å². The van der Waals surface area contributed by atoms with Gasteiger partial charge in [-0.15, -0.1) is 0 Å². The molecule has 4 N–H and O–H groups in total. The lowest BCUT2D eigenvalue weighted by atomic mass is 10.0. The number of nitrogens with one attached hydrogen (secondary N) is 4. The van der Waals surface area contributed by atoms with E-state index in [1.54, 1.807) is 7.11 Å². The highest BCUT2D eigenvalue weighted by Crippen LogP contribution is 2.21. The number of likely N-dealkylation sites (tertiary alicyclic amines) is 1. The molecule has 2 saturated heterocycles. The first-order valence-electron chi connectivity index (χ1n) is 9.79. The maximum atomic E-state index is 12.6. The average Bonchev–Trinajstić information content (AvgIpc) is 3.11.